The highest BCUT2D eigenvalue weighted by molar-refractivity contribution is 5.94. The standard InChI is InChI=1S/C14H20F2N4O/c1-19(2)10-4-3-5-20(8-10)14(21)9-6-11(15)13(18-17)12(16)7-9/h6-7,10,18H,3-5,8,17H2,1-2H3. The average molecular weight is 298 g/mol. The summed E-state index contributed by atoms with van der Waals surface area (Å²) >= 11 is 0. The first kappa shape index (κ1) is 15.7. The van der Waals surface area contributed by atoms with Gasteiger partial charge in [0.2, 0.25) is 0 Å². The molecule has 7 heteroatoms. The van der Waals surface area contributed by atoms with Crippen LogP contribution in [0.5, 0.6) is 0 Å². The van der Waals surface area contributed by atoms with Crippen molar-refractivity contribution < 1.29 is 13.6 Å². The lowest BCUT2D eigenvalue weighted by Crippen LogP contribution is -2.47. The van der Waals surface area contributed by atoms with Crippen molar-refractivity contribution in [2.75, 3.05) is 32.6 Å². The Morgan fingerprint density at radius 1 is 1.38 bits per heavy atom. The van der Waals surface area contributed by atoms with Gasteiger partial charge in [0.15, 0.2) is 11.6 Å². The third-order valence-electron chi connectivity index (χ3n) is 3.85. The molecule has 1 unspecified atom stereocenters. The molecule has 21 heavy (non-hydrogen) atoms. The number of benzene rings is 1. The summed E-state index contributed by atoms with van der Waals surface area (Å²) in [5, 5.41) is 0. The van der Waals surface area contributed by atoms with E-state index in [1.165, 1.54) is 0 Å². The van der Waals surface area contributed by atoms with Gasteiger partial charge >= 0.3 is 0 Å². The molecule has 1 aliphatic heterocycles. The molecule has 0 aromatic heterocycles. The van der Waals surface area contributed by atoms with Crippen molar-refractivity contribution in [3.05, 3.63) is 29.3 Å². The first-order chi connectivity index (χ1) is 9.93. The first-order valence-corrected chi connectivity index (χ1v) is 6.85. The Morgan fingerprint density at radius 2 is 2.00 bits per heavy atom. The maximum Gasteiger partial charge on any atom is 0.254 e. The molecule has 0 radical (unpaired) electrons. The van der Waals surface area contributed by atoms with E-state index in [9.17, 15) is 13.6 Å². The maximum absolute atomic E-state index is 13.7. The molecule has 1 aromatic carbocycles. The molecule has 1 amide bonds. The van der Waals surface area contributed by atoms with Crippen molar-refractivity contribution in [2.45, 2.75) is 18.9 Å². The molecule has 0 saturated carbocycles. The zero-order valence-electron chi connectivity index (χ0n) is 12.2. The number of carbonyl (C=O) groups is 1. The SMILES string of the molecule is CN(C)C1CCCN(C(=O)c2cc(F)c(NN)c(F)c2)C1. The predicted molar refractivity (Wildman–Crippen MR) is 76.8 cm³/mol. The minimum atomic E-state index is -0.873. The van der Waals surface area contributed by atoms with Gasteiger partial charge < -0.3 is 15.2 Å². The van der Waals surface area contributed by atoms with E-state index in [2.05, 4.69) is 4.90 Å². The Bertz CT molecular complexity index is 513. The smallest absolute Gasteiger partial charge is 0.254 e. The third kappa shape index (κ3) is 3.30. The number of carbonyl (C=O) groups excluding carboxylic acids is 1. The number of hydrogen-bond donors (Lipinski definition) is 2. The van der Waals surface area contributed by atoms with Crippen LogP contribution in [-0.4, -0.2) is 48.9 Å². The Hall–Kier alpha value is -1.73. The number of piperidine rings is 1. The highest BCUT2D eigenvalue weighted by Crippen LogP contribution is 2.22. The maximum atomic E-state index is 13.7. The molecule has 1 aliphatic rings. The molecule has 3 N–H and O–H groups in total. The number of likely N-dealkylation sites (N-methyl/N-ethyl adjacent to an activating group) is 1. The van der Waals surface area contributed by atoms with Crippen LogP contribution in [0.3, 0.4) is 0 Å². The van der Waals surface area contributed by atoms with E-state index >= 15 is 0 Å². The number of nitrogens with two attached hydrogens (primary N) is 1. The first-order valence-electron chi connectivity index (χ1n) is 6.85. The number of nitrogens with zero attached hydrogens (tertiary/aromatic N) is 2. The molecule has 0 bridgehead atoms. The lowest BCUT2D eigenvalue weighted by atomic mass is 10.0. The van der Waals surface area contributed by atoms with Crippen LogP contribution in [0.15, 0.2) is 12.1 Å². The summed E-state index contributed by atoms with van der Waals surface area (Å²) in [4.78, 5) is 16.1. The number of hydrogen-bond acceptors (Lipinski definition) is 4. The van der Waals surface area contributed by atoms with Gasteiger partial charge in [-0.2, -0.15) is 0 Å². The minimum Gasteiger partial charge on any atom is -0.337 e. The van der Waals surface area contributed by atoms with Crippen LogP contribution in [0.1, 0.15) is 23.2 Å². The molecule has 2 rings (SSSR count). The predicted octanol–water partition coefficient (Wildman–Crippen LogP) is 1.42. The van der Waals surface area contributed by atoms with Crippen molar-refractivity contribution in [3.63, 3.8) is 0 Å². The Kier molecular flexibility index (Phi) is 4.74. The van der Waals surface area contributed by atoms with E-state index in [1.807, 2.05) is 19.5 Å². The lowest BCUT2D eigenvalue weighted by Gasteiger charge is -2.36. The van der Waals surface area contributed by atoms with Gasteiger partial charge in [-0.1, -0.05) is 0 Å². The summed E-state index contributed by atoms with van der Waals surface area (Å²) in [6.07, 6.45) is 1.89. The summed E-state index contributed by atoms with van der Waals surface area (Å²) in [5.41, 5.74) is 1.52. The normalized spacial score (nSPS) is 19.0. The highest BCUT2D eigenvalue weighted by Gasteiger charge is 2.26. The summed E-state index contributed by atoms with van der Waals surface area (Å²) in [7, 11) is 3.92. The van der Waals surface area contributed by atoms with Gasteiger partial charge in [-0.15, -0.1) is 0 Å². The second-order valence-corrected chi connectivity index (χ2v) is 5.47. The fourth-order valence-corrected chi connectivity index (χ4v) is 2.58. The van der Waals surface area contributed by atoms with Crippen molar-refractivity contribution in [2.24, 2.45) is 5.84 Å². The van der Waals surface area contributed by atoms with Crippen molar-refractivity contribution >= 4 is 11.6 Å². The van der Waals surface area contributed by atoms with Crippen LogP contribution in [0.2, 0.25) is 0 Å². The minimum absolute atomic E-state index is 0.00315. The van der Waals surface area contributed by atoms with Crippen LogP contribution >= 0.6 is 0 Å². The number of nitrogen functional groups attached to an aromatic ring is 1. The van der Waals surface area contributed by atoms with Gasteiger partial charge in [0, 0.05) is 24.7 Å². The van der Waals surface area contributed by atoms with Crippen LogP contribution in [0.25, 0.3) is 0 Å². The summed E-state index contributed by atoms with van der Waals surface area (Å²) < 4.78 is 27.4. The Labute approximate surface area is 122 Å². The lowest BCUT2D eigenvalue weighted by molar-refractivity contribution is 0.0634. The van der Waals surface area contributed by atoms with Gasteiger partial charge in [0.25, 0.3) is 5.91 Å². The fraction of sp³-hybridized carbons (Fsp3) is 0.500. The Morgan fingerprint density at radius 3 is 2.52 bits per heavy atom. The molecule has 1 aromatic rings. The fourth-order valence-electron chi connectivity index (χ4n) is 2.58. The number of halogens is 2. The molecule has 1 heterocycles. The van der Waals surface area contributed by atoms with Gasteiger partial charge in [-0.25, -0.2) is 8.78 Å². The summed E-state index contributed by atoms with van der Waals surface area (Å²) in [5.74, 6) is 2.94. The zero-order chi connectivity index (χ0) is 15.6. The van der Waals surface area contributed by atoms with Crippen LogP contribution < -0.4 is 11.3 Å². The van der Waals surface area contributed by atoms with E-state index in [0.29, 0.717) is 13.1 Å². The van der Waals surface area contributed by atoms with E-state index in [1.54, 1.807) is 4.90 Å². The molecule has 1 atom stereocenters. The number of nitrogens with one attached hydrogen (secondary N) is 1. The van der Waals surface area contributed by atoms with Crippen molar-refractivity contribution in [3.8, 4) is 0 Å². The summed E-state index contributed by atoms with van der Waals surface area (Å²) in [6.45, 7) is 1.16. The van der Waals surface area contributed by atoms with E-state index in [0.717, 1.165) is 25.0 Å². The van der Waals surface area contributed by atoms with E-state index in [-0.39, 0.29) is 17.5 Å². The molecular formula is C14H20F2N4O. The number of amides is 1. The largest absolute Gasteiger partial charge is 0.337 e. The molecule has 1 saturated heterocycles. The monoisotopic (exact) mass is 298 g/mol. The van der Waals surface area contributed by atoms with Crippen LogP contribution in [0.4, 0.5) is 14.5 Å². The highest BCUT2D eigenvalue weighted by atomic mass is 19.1. The Balaban J connectivity index is 2.20. The van der Waals surface area contributed by atoms with Crippen molar-refractivity contribution in [1.29, 1.82) is 0 Å². The van der Waals surface area contributed by atoms with Crippen LogP contribution in [-0.2, 0) is 0 Å². The topological polar surface area (TPSA) is 61.6 Å². The number of anilines is 1. The number of hydrazine groups is 1. The van der Waals surface area contributed by atoms with Gasteiger partial charge in [-0.3, -0.25) is 10.6 Å². The molecule has 5 nitrogen and oxygen atoms in total. The van der Waals surface area contributed by atoms with Gasteiger partial charge in [0.1, 0.15) is 5.69 Å². The van der Waals surface area contributed by atoms with Gasteiger partial charge in [-0.05, 0) is 39.1 Å². The molecule has 1 fully saturated rings. The molecule has 0 spiro atoms. The number of likely N-dealkylation sites (tertiary alicyclic amines) is 1. The van der Waals surface area contributed by atoms with E-state index in [4.69, 9.17) is 5.84 Å². The average Bonchev–Trinajstić information content (AvgIpc) is 2.46. The second kappa shape index (κ2) is 6.36. The van der Waals surface area contributed by atoms with Crippen molar-refractivity contribution in [1.82, 2.24) is 9.80 Å². The molecule has 116 valence electrons. The van der Waals surface area contributed by atoms with E-state index < -0.39 is 17.3 Å². The number of rotatable bonds is 3. The quantitative estimate of drug-likeness (QED) is 0.654. The van der Waals surface area contributed by atoms with Crippen LogP contribution in [0, 0.1) is 11.6 Å². The van der Waals surface area contributed by atoms with Gasteiger partial charge in [0.05, 0.1) is 0 Å². The third-order valence-corrected chi connectivity index (χ3v) is 3.85. The molecular weight excluding hydrogens is 278 g/mol. The molecule has 0 aliphatic carbocycles. The summed E-state index contributed by atoms with van der Waals surface area (Å²) in [6, 6.07) is 2.29. The second-order valence-electron chi connectivity index (χ2n) is 5.47. The zero-order valence-corrected chi connectivity index (χ0v) is 12.2.